The summed E-state index contributed by atoms with van der Waals surface area (Å²) in [6.07, 6.45) is 7.53. The van der Waals surface area contributed by atoms with Gasteiger partial charge in [0.1, 0.15) is 0 Å². The second-order valence-corrected chi connectivity index (χ2v) is 17.8. The summed E-state index contributed by atoms with van der Waals surface area (Å²) in [5.41, 5.74) is 9.47. The predicted octanol–water partition coefficient (Wildman–Crippen LogP) is 16.5. The molecule has 0 atom stereocenters. The van der Waals surface area contributed by atoms with Crippen molar-refractivity contribution < 1.29 is 0 Å². The van der Waals surface area contributed by atoms with Crippen molar-refractivity contribution in [3.63, 3.8) is 0 Å². The highest BCUT2D eigenvalue weighted by atomic mass is 32.1. The quantitative estimate of drug-likeness (QED) is 0.131. The Hall–Kier alpha value is -7.24. The van der Waals surface area contributed by atoms with Crippen molar-refractivity contribution in [2.75, 3.05) is 0 Å². The highest BCUT2D eigenvalue weighted by molar-refractivity contribution is 7.27. The van der Waals surface area contributed by atoms with Gasteiger partial charge >= 0.3 is 0 Å². The maximum atomic E-state index is 4.38. The molecular weight excluding hydrogens is 765 g/mol. The van der Waals surface area contributed by atoms with Crippen LogP contribution in [0.15, 0.2) is 195 Å². The fourth-order valence-corrected chi connectivity index (χ4v) is 12.1. The van der Waals surface area contributed by atoms with Crippen LogP contribution in [-0.4, -0.2) is 9.97 Å². The smallest absolute Gasteiger partial charge is 0.0440 e. The summed E-state index contributed by atoms with van der Waals surface area (Å²) in [6, 6.07) is 63.3. The van der Waals surface area contributed by atoms with Crippen LogP contribution in [-0.2, 0) is 0 Å². The lowest BCUT2D eigenvalue weighted by atomic mass is 9.87. The molecule has 0 unspecified atom stereocenters. The molecule has 60 heavy (non-hydrogen) atoms. The standard InChI is InChI=1S/C56H32N2S2/c1-3-11-51-41(9-1)45-23-21-43-47(35-17-13-33(14-18-35)37-7-5-25-57-31-37)27-39-30-50-40(29-49(39)53(43)55(45)59-51)28-48(36-19-15-34(16-20-36)38-8-6-26-58-32-38)44-22-24-46-42-10-2-4-12-52(42)60-56(46)54(44)50/h1-32H. The number of fused-ring (bicyclic) bond motifs is 14. The van der Waals surface area contributed by atoms with Crippen LogP contribution in [0.3, 0.4) is 0 Å². The van der Waals surface area contributed by atoms with Gasteiger partial charge in [-0.25, -0.2) is 0 Å². The lowest BCUT2D eigenvalue weighted by molar-refractivity contribution is 1.33. The lowest BCUT2D eigenvalue weighted by Gasteiger charge is -2.16. The first kappa shape index (κ1) is 33.7. The first-order chi connectivity index (χ1) is 29.7. The Morgan fingerprint density at radius 1 is 0.300 bits per heavy atom. The van der Waals surface area contributed by atoms with Gasteiger partial charge in [-0.2, -0.15) is 0 Å². The molecule has 2 nitrogen and oxygen atoms in total. The molecule has 0 aliphatic rings. The van der Waals surface area contributed by atoms with Gasteiger partial charge in [-0.3, -0.25) is 9.97 Å². The van der Waals surface area contributed by atoms with Crippen LogP contribution in [0.2, 0.25) is 0 Å². The number of aromatic nitrogens is 2. The summed E-state index contributed by atoms with van der Waals surface area (Å²) in [5, 5.41) is 15.5. The molecule has 4 heteroatoms. The van der Waals surface area contributed by atoms with Gasteiger partial charge < -0.3 is 0 Å². The van der Waals surface area contributed by atoms with Crippen LogP contribution < -0.4 is 0 Å². The van der Waals surface area contributed by atoms with E-state index in [1.54, 1.807) is 0 Å². The molecule has 4 aromatic heterocycles. The van der Waals surface area contributed by atoms with Crippen molar-refractivity contribution in [3.8, 4) is 44.5 Å². The third-order valence-electron chi connectivity index (χ3n) is 12.4. The summed E-state index contributed by atoms with van der Waals surface area (Å²) in [5.74, 6) is 0. The molecule has 0 aliphatic heterocycles. The van der Waals surface area contributed by atoms with Gasteiger partial charge in [-0.15, -0.1) is 22.7 Å². The van der Waals surface area contributed by atoms with E-state index in [-0.39, 0.29) is 0 Å². The summed E-state index contributed by atoms with van der Waals surface area (Å²) in [7, 11) is 0. The zero-order valence-corrected chi connectivity index (χ0v) is 33.8. The van der Waals surface area contributed by atoms with Gasteiger partial charge in [0, 0.05) is 75.9 Å². The van der Waals surface area contributed by atoms with Crippen molar-refractivity contribution >= 4 is 106 Å². The van der Waals surface area contributed by atoms with E-state index in [1.807, 2.05) is 59.6 Å². The molecule has 0 amide bonds. The van der Waals surface area contributed by atoms with E-state index in [9.17, 15) is 0 Å². The molecule has 0 fully saturated rings. The summed E-state index contributed by atoms with van der Waals surface area (Å²) in [6.45, 7) is 0. The Morgan fingerprint density at radius 3 is 1.15 bits per heavy atom. The zero-order chi connectivity index (χ0) is 39.3. The number of rotatable bonds is 4. The van der Waals surface area contributed by atoms with Gasteiger partial charge in [0.15, 0.2) is 0 Å². The number of pyridine rings is 2. The Kier molecular flexibility index (Phi) is 7.38. The molecule has 0 N–H and O–H groups in total. The van der Waals surface area contributed by atoms with E-state index >= 15 is 0 Å². The van der Waals surface area contributed by atoms with Crippen molar-refractivity contribution in [1.29, 1.82) is 0 Å². The number of hydrogen-bond acceptors (Lipinski definition) is 4. The largest absolute Gasteiger partial charge is 0.264 e. The minimum atomic E-state index is 1.12. The normalized spacial score (nSPS) is 12.0. The average Bonchev–Trinajstić information content (AvgIpc) is 3.90. The van der Waals surface area contributed by atoms with Gasteiger partial charge in [-0.1, -0.05) is 121 Å². The topological polar surface area (TPSA) is 25.8 Å². The molecule has 4 heterocycles. The maximum Gasteiger partial charge on any atom is 0.0440 e. The monoisotopic (exact) mass is 796 g/mol. The molecule has 278 valence electrons. The number of benzene rings is 9. The van der Waals surface area contributed by atoms with E-state index in [0.29, 0.717) is 0 Å². The number of nitrogens with zero attached hydrogens (tertiary/aromatic N) is 2. The van der Waals surface area contributed by atoms with Crippen molar-refractivity contribution in [2.24, 2.45) is 0 Å². The molecule has 13 aromatic rings. The first-order valence-corrected chi connectivity index (χ1v) is 21.9. The fraction of sp³-hybridized carbons (Fsp3) is 0. The minimum Gasteiger partial charge on any atom is -0.264 e. The highest BCUT2D eigenvalue weighted by Gasteiger charge is 2.20. The van der Waals surface area contributed by atoms with Gasteiger partial charge in [0.2, 0.25) is 0 Å². The maximum absolute atomic E-state index is 4.38. The van der Waals surface area contributed by atoms with Crippen LogP contribution >= 0.6 is 22.7 Å². The summed E-state index contributed by atoms with van der Waals surface area (Å²) < 4.78 is 5.31. The van der Waals surface area contributed by atoms with E-state index in [2.05, 4.69) is 168 Å². The highest BCUT2D eigenvalue weighted by Crippen LogP contribution is 2.49. The van der Waals surface area contributed by atoms with E-state index in [4.69, 9.17) is 0 Å². The molecule has 9 aromatic carbocycles. The average molecular weight is 797 g/mol. The molecule has 0 aliphatic carbocycles. The Morgan fingerprint density at radius 2 is 0.717 bits per heavy atom. The fourth-order valence-electron chi connectivity index (χ4n) is 9.56. The molecule has 0 saturated carbocycles. The second-order valence-electron chi connectivity index (χ2n) is 15.7. The van der Waals surface area contributed by atoms with Crippen molar-refractivity contribution in [2.45, 2.75) is 0 Å². The Labute approximate surface area is 353 Å². The first-order valence-electron chi connectivity index (χ1n) is 20.3. The van der Waals surface area contributed by atoms with Crippen LogP contribution in [0, 0.1) is 0 Å². The van der Waals surface area contributed by atoms with Gasteiger partial charge in [0.05, 0.1) is 0 Å². The molecule has 0 bridgehead atoms. The Balaban J connectivity index is 1.14. The van der Waals surface area contributed by atoms with Crippen LogP contribution in [0.25, 0.3) is 128 Å². The molecule has 0 spiro atoms. The van der Waals surface area contributed by atoms with Crippen LogP contribution in [0.1, 0.15) is 0 Å². The number of hydrogen-bond donors (Lipinski definition) is 0. The van der Waals surface area contributed by atoms with E-state index < -0.39 is 0 Å². The van der Waals surface area contributed by atoms with Crippen LogP contribution in [0.4, 0.5) is 0 Å². The molecular formula is C56H32N2S2. The zero-order valence-electron chi connectivity index (χ0n) is 32.2. The molecule has 0 saturated heterocycles. The van der Waals surface area contributed by atoms with Crippen molar-refractivity contribution in [1.82, 2.24) is 9.97 Å². The lowest BCUT2D eigenvalue weighted by Crippen LogP contribution is -1.89. The summed E-state index contributed by atoms with van der Waals surface area (Å²) >= 11 is 3.82. The molecule has 0 radical (unpaired) electrons. The minimum absolute atomic E-state index is 1.12. The van der Waals surface area contributed by atoms with Gasteiger partial charge in [-0.05, 0) is 125 Å². The molecule has 13 rings (SSSR count). The Bertz CT molecular complexity index is 3590. The van der Waals surface area contributed by atoms with Gasteiger partial charge in [0.25, 0.3) is 0 Å². The second kappa shape index (κ2) is 13.1. The predicted molar refractivity (Wildman–Crippen MR) is 260 cm³/mol. The number of thiophene rings is 2. The third kappa shape index (κ3) is 5.11. The van der Waals surface area contributed by atoms with E-state index in [0.717, 1.165) is 22.3 Å². The van der Waals surface area contributed by atoms with Crippen molar-refractivity contribution in [3.05, 3.63) is 195 Å². The van der Waals surface area contributed by atoms with E-state index in [1.165, 1.54) is 106 Å². The van der Waals surface area contributed by atoms with Crippen LogP contribution in [0.5, 0.6) is 0 Å². The SMILES string of the molecule is c1cncc(-c2ccc(-c3cc4cc5c(cc(-c6ccc(-c7cccnc7)cc6)c6ccc7c8ccccc8sc7c65)cc4c4c3ccc3c5ccccc5sc34)cc2)c1. The third-order valence-corrected chi connectivity index (χ3v) is 14.8. The summed E-state index contributed by atoms with van der Waals surface area (Å²) in [4.78, 5) is 8.76.